The Morgan fingerprint density at radius 3 is 1.86 bits per heavy atom. The lowest BCUT2D eigenvalue weighted by atomic mass is 10.0. The van der Waals surface area contributed by atoms with E-state index < -0.39 is 29.6 Å². The molecule has 1 heterocycles. The largest absolute Gasteiger partial charge is 0.494 e. The Kier molecular flexibility index (Phi) is 9.00. The van der Waals surface area contributed by atoms with Gasteiger partial charge in [0.1, 0.15) is 17.4 Å². The third-order valence-electron chi connectivity index (χ3n) is 7.31. The maximum atomic E-state index is 13.6. The molecule has 2 amide bonds. The van der Waals surface area contributed by atoms with E-state index in [2.05, 4.69) is 11.0 Å². The van der Waals surface area contributed by atoms with Crippen LogP contribution in [0, 0.1) is 23.0 Å². The van der Waals surface area contributed by atoms with E-state index >= 15 is 0 Å². The van der Waals surface area contributed by atoms with E-state index in [1.54, 1.807) is 12.1 Å². The summed E-state index contributed by atoms with van der Waals surface area (Å²) < 4.78 is 33.0. The zero-order valence-electron chi connectivity index (χ0n) is 22.9. The molecule has 6 nitrogen and oxygen atoms in total. The smallest absolute Gasteiger partial charge is 0.262 e. The first-order valence-corrected chi connectivity index (χ1v) is 13.8. The average Bonchev–Trinajstić information content (AvgIpc) is 3.48. The zero-order valence-corrected chi connectivity index (χ0v) is 22.9. The fourth-order valence-corrected chi connectivity index (χ4v) is 5.13. The summed E-state index contributed by atoms with van der Waals surface area (Å²) >= 11 is 0. The maximum Gasteiger partial charge on any atom is 0.262 e. The van der Waals surface area contributed by atoms with Crippen LogP contribution in [0.1, 0.15) is 45.5 Å². The second-order valence-electron chi connectivity index (χ2n) is 10.1. The Hall–Kier alpha value is -4.87. The van der Waals surface area contributed by atoms with Crippen LogP contribution in [0.15, 0.2) is 97.1 Å². The van der Waals surface area contributed by atoms with Gasteiger partial charge in [0.2, 0.25) is 0 Å². The number of hydrogen-bond acceptors (Lipinski definition) is 5. The fourth-order valence-electron chi connectivity index (χ4n) is 5.13. The van der Waals surface area contributed by atoms with Gasteiger partial charge in [0.25, 0.3) is 11.8 Å². The van der Waals surface area contributed by atoms with E-state index in [0.29, 0.717) is 38.1 Å². The summed E-state index contributed by atoms with van der Waals surface area (Å²) in [6.07, 6.45) is 1.56. The molecule has 1 fully saturated rings. The van der Waals surface area contributed by atoms with Crippen LogP contribution in [0.25, 0.3) is 11.1 Å². The van der Waals surface area contributed by atoms with Crippen molar-refractivity contribution in [3.05, 3.63) is 125 Å². The number of ether oxygens (including phenoxy) is 1. The molecule has 0 N–H and O–H groups in total. The standard InChI is InChI=1S/C34H29F2N3O3/c35-29-14-8-27(9-15-29)33(40)39(34(41)28-10-16-30(36)17-11-28)32-3-1-20-38(32)21-2-22-42-31-18-12-26(13-19-31)25-6-4-24(23-37)5-7-25/h4-19,32H,1-3,20-22H2. The van der Waals surface area contributed by atoms with Crippen molar-refractivity contribution in [3.63, 3.8) is 0 Å². The van der Waals surface area contributed by atoms with Gasteiger partial charge < -0.3 is 4.74 Å². The molecular formula is C34H29F2N3O3. The van der Waals surface area contributed by atoms with Gasteiger partial charge in [-0.1, -0.05) is 24.3 Å². The molecule has 0 aliphatic carbocycles. The Labute approximate surface area is 243 Å². The number of imide groups is 1. The molecule has 4 aromatic carbocycles. The molecule has 0 saturated carbocycles. The van der Waals surface area contributed by atoms with Crippen molar-refractivity contribution in [2.75, 3.05) is 19.7 Å². The second-order valence-corrected chi connectivity index (χ2v) is 10.1. The predicted octanol–water partition coefficient (Wildman–Crippen LogP) is 6.68. The minimum absolute atomic E-state index is 0.200. The van der Waals surface area contributed by atoms with E-state index in [0.717, 1.165) is 23.3 Å². The average molecular weight is 566 g/mol. The molecule has 1 unspecified atom stereocenters. The Morgan fingerprint density at radius 1 is 0.810 bits per heavy atom. The molecule has 1 aliphatic rings. The minimum atomic E-state index is -0.528. The van der Waals surface area contributed by atoms with Gasteiger partial charge in [-0.25, -0.2) is 8.78 Å². The third kappa shape index (κ3) is 6.70. The van der Waals surface area contributed by atoms with Gasteiger partial charge in [0, 0.05) is 24.2 Å². The Balaban J connectivity index is 1.23. The summed E-state index contributed by atoms with van der Waals surface area (Å²) in [6, 6.07) is 27.4. The molecular weight excluding hydrogens is 536 g/mol. The monoisotopic (exact) mass is 565 g/mol. The van der Waals surface area contributed by atoms with Gasteiger partial charge in [-0.3, -0.25) is 19.4 Å². The van der Waals surface area contributed by atoms with Crippen LogP contribution in [-0.4, -0.2) is 47.5 Å². The van der Waals surface area contributed by atoms with E-state index in [1.165, 1.54) is 53.4 Å². The number of nitrogens with zero attached hydrogens (tertiary/aromatic N) is 3. The van der Waals surface area contributed by atoms with Gasteiger partial charge in [-0.2, -0.15) is 5.26 Å². The first kappa shape index (κ1) is 28.7. The highest BCUT2D eigenvalue weighted by molar-refractivity contribution is 6.10. The van der Waals surface area contributed by atoms with Gasteiger partial charge in [0.15, 0.2) is 0 Å². The van der Waals surface area contributed by atoms with Crippen LogP contribution >= 0.6 is 0 Å². The molecule has 0 bridgehead atoms. The molecule has 42 heavy (non-hydrogen) atoms. The van der Waals surface area contributed by atoms with E-state index in [4.69, 9.17) is 10.00 Å². The van der Waals surface area contributed by atoms with Crippen molar-refractivity contribution in [2.45, 2.75) is 25.4 Å². The molecule has 0 aromatic heterocycles. The van der Waals surface area contributed by atoms with Crippen LogP contribution in [-0.2, 0) is 0 Å². The maximum absolute atomic E-state index is 13.6. The quantitative estimate of drug-likeness (QED) is 0.167. The van der Waals surface area contributed by atoms with Crippen molar-refractivity contribution in [3.8, 4) is 22.9 Å². The first-order chi connectivity index (χ1) is 20.4. The molecule has 4 aromatic rings. The predicted molar refractivity (Wildman–Crippen MR) is 155 cm³/mol. The molecule has 0 radical (unpaired) electrons. The second kappa shape index (κ2) is 13.2. The van der Waals surface area contributed by atoms with Crippen LogP contribution in [0.5, 0.6) is 5.75 Å². The zero-order chi connectivity index (χ0) is 29.5. The normalized spacial score (nSPS) is 14.7. The molecule has 1 atom stereocenters. The molecule has 1 aliphatic heterocycles. The lowest BCUT2D eigenvalue weighted by Crippen LogP contribution is -2.51. The summed E-state index contributed by atoms with van der Waals surface area (Å²) in [5.41, 5.74) is 3.04. The molecule has 0 spiro atoms. The molecule has 1 saturated heterocycles. The van der Waals surface area contributed by atoms with Crippen molar-refractivity contribution in [2.24, 2.45) is 0 Å². The van der Waals surface area contributed by atoms with Gasteiger partial charge in [-0.05, 0) is 103 Å². The fraction of sp³-hybridized carbons (Fsp3) is 0.206. The molecule has 8 heteroatoms. The highest BCUT2D eigenvalue weighted by atomic mass is 19.1. The molecule has 212 valence electrons. The lowest BCUT2D eigenvalue weighted by Gasteiger charge is -2.34. The first-order valence-electron chi connectivity index (χ1n) is 13.8. The van der Waals surface area contributed by atoms with Gasteiger partial charge in [0.05, 0.1) is 24.4 Å². The van der Waals surface area contributed by atoms with Crippen LogP contribution in [0.2, 0.25) is 0 Å². The highest BCUT2D eigenvalue weighted by Gasteiger charge is 2.37. The number of rotatable bonds is 9. The van der Waals surface area contributed by atoms with Crippen molar-refractivity contribution >= 4 is 11.8 Å². The number of halogens is 2. The molecule has 5 rings (SSSR count). The summed E-state index contributed by atoms with van der Waals surface area (Å²) in [7, 11) is 0. The van der Waals surface area contributed by atoms with Crippen LogP contribution in [0.4, 0.5) is 8.78 Å². The van der Waals surface area contributed by atoms with Crippen molar-refractivity contribution in [1.29, 1.82) is 5.26 Å². The SMILES string of the molecule is N#Cc1ccc(-c2ccc(OCCCN3CCCC3N(C(=O)c3ccc(F)cc3)C(=O)c3ccc(F)cc3)cc2)cc1. The summed E-state index contributed by atoms with van der Waals surface area (Å²) in [5.74, 6) is -1.28. The third-order valence-corrected chi connectivity index (χ3v) is 7.31. The van der Waals surface area contributed by atoms with Crippen molar-refractivity contribution in [1.82, 2.24) is 9.80 Å². The van der Waals surface area contributed by atoms with Gasteiger partial charge >= 0.3 is 0 Å². The number of amides is 2. The highest BCUT2D eigenvalue weighted by Crippen LogP contribution is 2.26. The Morgan fingerprint density at radius 2 is 1.33 bits per heavy atom. The summed E-state index contributed by atoms with van der Waals surface area (Å²) in [6.45, 7) is 1.74. The lowest BCUT2D eigenvalue weighted by molar-refractivity contribution is 0.0359. The number of benzene rings is 4. The summed E-state index contributed by atoms with van der Waals surface area (Å²) in [5, 5.41) is 8.98. The van der Waals surface area contributed by atoms with Crippen molar-refractivity contribution < 1.29 is 23.1 Å². The topological polar surface area (TPSA) is 73.6 Å². The van der Waals surface area contributed by atoms with Crippen LogP contribution < -0.4 is 4.74 Å². The number of nitriles is 1. The summed E-state index contributed by atoms with van der Waals surface area (Å²) in [4.78, 5) is 30.5. The minimum Gasteiger partial charge on any atom is -0.494 e. The van der Waals surface area contributed by atoms with E-state index in [1.807, 2.05) is 36.4 Å². The number of carbonyl (C=O) groups excluding carboxylic acids is 2. The van der Waals surface area contributed by atoms with Gasteiger partial charge in [-0.15, -0.1) is 0 Å². The number of carbonyl (C=O) groups is 2. The van der Waals surface area contributed by atoms with Crippen LogP contribution in [0.3, 0.4) is 0 Å². The van der Waals surface area contributed by atoms with E-state index in [9.17, 15) is 18.4 Å². The Bertz CT molecular complexity index is 1510. The number of likely N-dealkylation sites (tertiary alicyclic amines) is 1. The number of hydrogen-bond donors (Lipinski definition) is 0. The van der Waals surface area contributed by atoms with E-state index in [-0.39, 0.29) is 11.1 Å².